The summed E-state index contributed by atoms with van der Waals surface area (Å²) < 4.78 is 30.9. The SMILES string of the molecule is CC(=O)NCCS(=O)(=O)Cc1cc(N2CCOC[C@@H]2C)nc(-c2ccc(N(C)C(N)=O)cc2)n1. The summed E-state index contributed by atoms with van der Waals surface area (Å²) in [6.07, 6.45) is 0. The zero-order chi connectivity index (χ0) is 24.9. The van der Waals surface area contributed by atoms with E-state index in [-0.39, 0.29) is 30.0 Å². The lowest BCUT2D eigenvalue weighted by atomic mass is 10.1. The maximum Gasteiger partial charge on any atom is 0.318 e. The Kier molecular flexibility index (Phi) is 8.05. The topological polar surface area (TPSA) is 148 Å². The first kappa shape index (κ1) is 25.4. The molecule has 0 unspecified atom stereocenters. The molecule has 11 nitrogen and oxygen atoms in total. The smallest absolute Gasteiger partial charge is 0.318 e. The van der Waals surface area contributed by atoms with Gasteiger partial charge >= 0.3 is 6.03 Å². The summed E-state index contributed by atoms with van der Waals surface area (Å²) in [5, 5.41) is 2.51. The van der Waals surface area contributed by atoms with Gasteiger partial charge in [-0.3, -0.25) is 9.69 Å². The van der Waals surface area contributed by atoms with Gasteiger partial charge in [0.25, 0.3) is 0 Å². The number of nitrogens with zero attached hydrogens (tertiary/aromatic N) is 4. The Morgan fingerprint density at radius 2 is 1.97 bits per heavy atom. The van der Waals surface area contributed by atoms with Crippen molar-refractivity contribution < 1.29 is 22.7 Å². The number of aromatic nitrogens is 2. The van der Waals surface area contributed by atoms with Crippen molar-refractivity contribution in [2.24, 2.45) is 5.73 Å². The standard InChI is InChI=1S/C22H30N6O5S/c1-15-13-33-10-9-28(15)20-12-18(14-34(31,32)11-8-24-16(2)29)25-21(26-20)17-4-6-19(7-5-17)27(3)22(23)30/h4-7,12,15H,8-11,13-14H2,1-3H3,(H2,23,30)(H,24,29)/t15-/m0/s1. The Hall–Kier alpha value is -3.25. The second-order valence-corrected chi connectivity index (χ2v) is 10.4. The highest BCUT2D eigenvalue weighted by molar-refractivity contribution is 7.90. The van der Waals surface area contributed by atoms with Crippen LogP contribution in [-0.2, 0) is 25.1 Å². The Morgan fingerprint density at radius 1 is 1.26 bits per heavy atom. The number of nitrogens with two attached hydrogens (primary N) is 1. The minimum absolute atomic E-state index is 0.0395. The van der Waals surface area contributed by atoms with Crippen molar-refractivity contribution in [2.75, 3.05) is 48.9 Å². The average Bonchev–Trinajstić information content (AvgIpc) is 2.78. The van der Waals surface area contributed by atoms with E-state index in [1.807, 2.05) is 6.92 Å². The molecule has 0 bridgehead atoms. The molecule has 1 aliphatic rings. The third-order valence-corrected chi connectivity index (χ3v) is 6.99. The number of hydrogen-bond donors (Lipinski definition) is 2. The largest absolute Gasteiger partial charge is 0.377 e. The van der Waals surface area contributed by atoms with Crippen LogP contribution in [0.4, 0.5) is 16.3 Å². The lowest BCUT2D eigenvalue weighted by Gasteiger charge is -2.34. The molecule has 1 aromatic carbocycles. The maximum absolute atomic E-state index is 12.7. The van der Waals surface area contributed by atoms with Crippen LogP contribution in [0.15, 0.2) is 30.3 Å². The highest BCUT2D eigenvalue weighted by Gasteiger charge is 2.23. The van der Waals surface area contributed by atoms with Crippen LogP contribution in [0.3, 0.4) is 0 Å². The molecule has 0 radical (unpaired) electrons. The van der Waals surface area contributed by atoms with Crippen LogP contribution in [-0.4, -0.2) is 75.5 Å². The van der Waals surface area contributed by atoms with E-state index in [0.29, 0.717) is 48.3 Å². The van der Waals surface area contributed by atoms with Crippen LogP contribution in [0.25, 0.3) is 11.4 Å². The predicted octanol–water partition coefficient (Wildman–Crippen LogP) is 0.935. The van der Waals surface area contributed by atoms with Gasteiger partial charge in [0.05, 0.1) is 36.5 Å². The quantitative estimate of drug-likeness (QED) is 0.555. The molecule has 3 N–H and O–H groups in total. The molecule has 2 aromatic rings. The molecule has 184 valence electrons. The van der Waals surface area contributed by atoms with E-state index in [2.05, 4.69) is 15.2 Å². The molecule has 1 fully saturated rings. The van der Waals surface area contributed by atoms with Crippen molar-refractivity contribution in [2.45, 2.75) is 25.6 Å². The van der Waals surface area contributed by atoms with E-state index in [1.54, 1.807) is 37.4 Å². The molecule has 1 aromatic heterocycles. The minimum Gasteiger partial charge on any atom is -0.377 e. The summed E-state index contributed by atoms with van der Waals surface area (Å²) in [4.78, 5) is 35.1. The predicted molar refractivity (Wildman–Crippen MR) is 129 cm³/mol. The Balaban J connectivity index is 1.94. The third-order valence-electron chi connectivity index (χ3n) is 5.43. The van der Waals surface area contributed by atoms with Crippen LogP contribution in [0, 0.1) is 0 Å². The highest BCUT2D eigenvalue weighted by Crippen LogP contribution is 2.25. The fourth-order valence-electron chi connectivity index (χ4n) is 3.54. The van der Waals surface area contributed by atoms with Crippen LogP contribution in [0.1, 0.15) is 19.5 Å². The lowest BCUT2D eigenvalue weighted by molar-refractivity contribution is -0.118. The van der Waals surface area contributed by atoms with Gasteiger partial charge in [0.1, 0.15) is 5.82 Å². The molecule has 1 saturated heterocycles. The molecule has 0 saturated carbocycles. The Morgan fingerprint density at radius 3 is 2.59 bits per heavy atom. The summed E-state index contributed by atoms with van der Waals surface area (Å²) in [5.41, 5.74) is 6.96. The summed E-state index contributed by atoms with van der Waals surface area (Å²) >= 11 is 0. The van der Waals surface area contributed by atoms with Crippen LogP contribution < -0.4 is 20.9 Å². The van der Waals surface area contributed by atoms with Gasteiger partial charge in [0, 0.05) is 44.4 Å². The fourth-order valence-corrected chi connectivity index (χ4v) is 4.70. The number of carbonyl (C=O) groups excluding carboxylic acids is 2. The molecular formula is C22H30N6O5S. The second kappa shape index (κ2) is 10.8. The zero-order valence-corrected chi connectivity index (χ0v) is 20.3. The van der Waals surface area contributed by atoms with E-state index in [4.69, 9.17) is 15.5 Å². The average molecular weight is 491 g/mol. The molecule has 0 aliphatic carbocycles. The Labute approximate surface area is 199 Å². The van der Waals surface area contributed by atoms with Gasteiger partial charge in [-0.1, -0.05) is 0 Å². The first-order chi connectivity index (χ1) is 16.1. The van der Waals surface area contributed by atoms with E-state index < -0.39 is 15.9 Å². The molecule has 3 amide bonds. The van der Waals surface area contributed by atoms with E-state index >= 15 is 0 Å². The molecule has 1 atom stereocenters. The van der Waals surface area contributed by atoms with Crippen molar-refractivity contribution in [3.63, 3.8) is 0 Å². The highest BCUT2D eigenvalue weighted by atomic mass is 32.2. The number of anilines is 2. The van der Waals surface area contributed by atoms with Gasteiger partial charge in [0.2, 0.25) is 5.91 Å². The summed E-state index contributed by atoms with van der Waals surface area (Å²) in [6, 6.07) is 8.12. The summed E-state index contributed by atoms with van der Waals surface area (Å²) in [6.45, 7) is 5.09. The normalized spacial score (nSPS) is 16.2. The molecule has 1 aliphatic heterocycles. The number of hydrogen-bond acceptors (Lipinski definition) is 8. The van der Waals surface area contributed by atoms with Gasteiger partial charge < -0.3 is 20.7 Å². The number of amides is 3. The lowest BCUT2D eigenvalue weighted by Crippen LogP contribution is -2.44. The van der Waals surface area contributed by atoms with Gasteiger partial charge in [-0.05, 0) is 31.2 Å². The monoisotopic (exact) mass is 490 g/mol. The maximum atomic E-state index is 12.7. The fraction of sp³-hybridized carbons (Fsp3) is 0.455. The van der Waals surface area contributed by atoms with E-state index in [1.165, 1.54) is 11.8 Å². The molecular weight excluding hydrogens is 460 g/mol. The second-order valence-electron chi connectivity index (χ2n) is 8.18. The van der Waals surface area contributed by atoms with Gasteiger partial charge in [-0.25, -0.2) is 23.2 Å². The van der Waals surface area contributed by atoms with Crippen molar-refractivity contribution in [1.82, 2.24) is 15.3 Å². The zero-order valence-electron chi connectivity index (χ0n) is 19.5. The first-order valence-electron chi connectivity index (χ1n) is 10.9. The van der Waals surface area contributed by atoms with Crippen molar-refractivity contribution in [3.05, 3.63) is 36.0 Å². The molecule has 0 spiro atoms. The van der Waals surface area contributed by atoms with Crippen molar-refractivity contribution in [3.8, 4) is 11.4 Å². The molecule has 12 heteroatoms. The molecule has 34 heavy (non-hydrogen) atoms. The number of rotatable bonds is 8. The van der Waals surface area contributed by atoms with Gasteiger partial charge in [-0.2, -0.15) is 0 Å². The van der Waals surface area contributed by atoms with Crippen LogP contribution in [0.2, 0.25) is 0 Å². The number of sulfone groups is 1. The summed E-state index contributed by atoms with van der Waals surface area (Å²) in [5.74, 6) is 0.232. The van der Waals surface area contributed by atoms with Crippen LogP contribution >= 0.6 is 0 Å². The number of urea groups is 1. The minimum atomic E-state index is -3.52. The third kappa shape index (κ3) is 6.64. The van der Waals surface area contributed by atoms with E-state index in [0.717, 1.165) is 0 Å². The van der Waals surface area contributed by atoms with Gasteiger partial charge in [-0.15, -0.1) is 0 Å². The summed E-state index contributed by atoms with van der Waals surface area (Å²) in [7, 11) is -1.96. The number of carbonyl (C=O) groups is 2. The van der Waals surface area contributed by atoms with Crippen molar-refractivity contribution >= 4 is 33.3 Å². The molecule has 2 heterocycles. The number of benzene rings is 1. The van der Waals surface area contributed by atoms with Gasteiger partial charge in [0.15, 0.2) is 15.7 Å². The first-order valence-corrected chi connectivity index (χ1v) is 12.7. The van der Waals surface area contributed by atoms with E-state index in [9.17, 15) is 18.0 Å². The number of morpholine rings is 1. The molecule has 3 rings (SSSR count). The number of primary amides is 1. The Bertz CT molecular complexity index is 1140. The van der Waals surface area contributed by atoms with Crippen molar-refractivity contribution in [1.29, 1.82) is 0 Å². The number of ether oxygens (including phenoxy) is 1. The number of nitrogens with one attached hydrogen (secondary N) is 1. The van der Waals surface area contributed by atoms with Crippen LogP contribution in [0.5, 0.6) is 0 Å².